The minimum absolute atomic E-state index is 0.212. The second-order valence-corrected chi connectivity index (χ2v) is 3.43. The molecular weight excluding hydrogens is 230 g/mol. The van der Waals surface area contributed by atoms with Gasteiger partial charge in [-0.05, 0) is 12.1 Å². The van der Waals surface area contributed by atoms with E-state index in [-0.39, 0.29) is 6.61 Å². The van der Waals surface area contributed by atoms with Gasteiger partial charge in [0.2, 0.25) is 0 Å². The van der Waals surface area contributed by atoms with Gasteiger partial charge in [0, 0.05) is 5.56 Å². The molecule has 0 aromatic heterocycles. The lowest BCUT2D eigenvalue weighted by molar-refractivity contribution is 0.350. The molecule has 0 aliphatic rings. The SMILES string of the molecule is OCC#Cc1cc(Cl)c(Cl)cc1Cl. The second-order valence-electron chi connectivity index (χ2n) is 2.21. The Labute approximate surface area is 91.2 Å². The fraction of sp³-hybridized carbons (Fsp3) is 0.111. The Morgan fingerprint density at radius 1 is 1.08 bits per heavy atom. The van der Waals surface area contributed by atoms with Crippen LogP contribution in [0.2, 0.25) is 15.1 Å². The number of halogens is 3. The van der Waals surface area contributed by atoms with Gasteiger partial charge in [-0.3, -0.25) is 0 Å². The van der Waals surface area contributed by atoms with Crippen LogP contribution in [0.4, 0.5) is 0 Å². The number of aliphatic hydroxyl groups is 1. The highest BCUT2D eigenvalue weighted by Gasteiger charge is 2.03. The molecule has 0 saturated heterocycles. The van der Waals surface area contributed by atoms with Gasteiger partial charge in [0.05, 0.1) is 15.1 Å². The third kappa shape index (κ3) is 2.79. The summed E-state index contributed by atoms with van der Waals surface area (Å²) in [5, 5.41) is 9.68. The van der Waals surface area contributed by atoms with Crippen LogP contribution >= 0.6 is 34.8 Å². The van der Waals surface area contributed by atoms with E-state index in [4.69, 9.17) is 39.9 Å². The molecule has 0 radical (unpaired) electrons. The fourth-order valence-electron chi connectivity index (χ4n) is 0.753. The molecule has 0 spiro atoms. The second kappa shape index (κ2) is 4.74. The van der Waals surface area contributed by atoms with E-state index >= 15 is 0 Å². The van der Waals surface area contributed by atoms with Crippen molar-refractivity contribution in [1.82, 2.24) is 0 Å². The van der Waals surface area contributed by atoms with Crippen molar-refractivity contribution in [2.45, 2.75) is 0 Å². The van der Waals surface area contributed by atoms with Crippen LogP contribution in [0.5, 0.6) is 0 Å². The molecule has 0 bridgehead atoms. The number of rotatable bonds is 0. The van der Waals surface area contributed by atoms with Gasteiger partial charge in [-0.25, -0.2) is 0 Å². The molecule has 1 aromatic rings. The Bertz CT molecular complexity index is 376. The summed E-state index contributed by atoms with van der Waals surface area (Å²) in [5.74, 6) is 5.13. The van der Waals surface area contributed by atoms with E-state index in [9.17, 15) is 0 Å². The summed E-state index contributed by atoms with van der Waals surface area (Å²) in [6.45, 7) is -0.212. The summed E-state index contributed by atoms with van der Waals surface area (Å²) in [7, 11) is 0. The molecular formula is C9H5Cl3O. The van der Waals surface area contributed by atoms with Crippen LogP contribution in [0.3, 0.4) is 0 Å². The number of aliphatic hydroxyl groups excluding tert-OH is 1. The van der Waals surface area contributed by atoms with E-state index in [1.807, 2.05) is 0 Å². The Hall–Kier alpha value is -0.390. The molecule has 0 atom stereocenters. The van der Waals surface area contributed by atoms with Crippen molar-refractivity contribution in [2.75, 3.05) is 6.61 Å². The minimum atomic E-state index is -0.212. The van der Waals surface area contributed by atoms with Crippen LogP contribution in [0.25, 0.3) is 0 Å². The molecule has 1 N–H and O–H groups in total. The third-order valence-electron chi connectivity index (χ3n) is 1.31. The molecule has 0 aliphatic heterocycles. The van der Waals surface area contributed by atoms with Crippen LogP contribution in [0.1, 0.15) is 5.56 Å². The normalized spacial score (nSPS) is 9.23. The molecule has 4 heteroatoms. The van der Waals surface area contributed by atoms with E-state index in [1.54, 1.807) is 6.07 Å². The molecule has 1 rings (SSSR count). The van der Waals surface area contributed by atoms with Crippen molar-refractivity contribution in [3.05, 3.63) is 32.8 Å². The smallest absolute Gasteiger partial charge is 0.104 e. The van der Waals surface area contributed by atoms with Crippen molar-refractivity contribution in [3.8, 4) is 11.8 Å². The average Bonchev–Trinajstić information content (AvgIpc) is 2.09. The monoisotopic (exact) mass is 234 g/mol. The average molecular weight is 235 g/mol. The van der Waals surface area contributed by atoms with Crippen molar-refractivity contribution < 1.29 is 5.11 Å². The number of hydrogen-bond donors (Lipinski definition) is 1. The molecule has 13 heavy (non-hydrogen) atoms. The largest absolute Gasteiger partial charge is 0.384 e. The highest BCUT2D eigenvalue weighted by molar-refractivity contribution is 6.43. The maximum Gasteiger partial charge on any atom is 0.104 e. The Morgan fingerprint density at radius 2 is 1.69 bits per heavy atom. The maximum absolute atomic E-state index is 8.47. The molecule has 0 heterocycles. The zero-order valence-corrected chi connectivity index (χ0v) is 8.71. The topological polar surface area (TPSA) is 20.2 Å². The molecule has 0 amide bonds. The predicted octanol–water partition coefficient (Wildman–Crippen LogP) is 2.99. The Kier molecular flexibility index (Phi) is 3.90. The van der Waals surface area contributed by atoms with Crippen LogP contribution in [0.15, 0.2) is 12.1 Å². The molecule has 0 fully saturated rings. The Balaban J connectivity index is 3.16. The number of benzene rings is 1. The van der Waals surface area contributed by atoms with E-state index < -0.39 is 0 Å². The summed E-state index contributed by atoms with van der Waals surface area (Å²) in [6.07, 6.45) is 0. The zero-order chi connectivity index (χ0) is 9.84. The van der Waals surface area contributed by atoms with E-state index in [0.29, 0.717) is 20.6 Å². The van der Waals surface area contributed by atoms with Crippen LogP contribution in [-0.2, 0) is 0 Å². The lowest BCUT2D eigenvalue weighted by Gasteiger charge is -1.99. The van der Waals surface area contributed by atoms with Gasteiger partial charge in [0.25, 0.3) is 0 Å². The first-order chi connectivity index (χ1) is 6.15. The van der Waals surface area contributed by atoms with Crippen molar-refractivity contribution in [1.29, 1.82) is 0 Å². The molecule has 0 unspecified atom stereocenters. The van der Waals surface area contributed by atoms with Gasteiger partial charge >= 0.3 is 0 Å². The standard InChI is InChI=1S/C9H5Cl3O/c10-7-5-9(12)8(11)4-6(7)2-1-3-13/h4-5,13H,3H2. The zero-order valence-electron chi connectivity index (χ0n) is 6.44. The lowest BCUT2D eigenvalue weighted by Crippen LogP contribution is -1.80. The molecule has 68 valence electrons. The molecule has 0 aliphatic carbocycles. The van der Waals surface area contributed by atoms with Crippen molar-refractivity contribution >= 4 is 34.8 Å². The summed E-state index contributed by atoms with van der Waals surface area (Å²) >= 11 is 17.3. The summed E-state index contributed by atoms with van der Waals surface area (Å²) in [6, 6.07) is 3.09. The molecule has 1 aromatic carbocycles. The van der Waals surface area contributed by atoms with Gasteiger partial charge < -0.3 is 5.11 Å². The quantitative estimate of drug-likeness (QED) is 0.541. The third-order valence-corrected chi connectivity index (χ3v) is 2.35. The highest BCUT2D eigenvalue weighted by Crippen LogP contribution is 2.28. The van der Waals surface area contributed by atoms with E-state index in [0.717, 1.165) is 0 Å². The van der Waals surface area contributed by atoms with Gasteiger partial charge in [-0.1, -0.05) is 46.6 Å². The summed E-state index contributed by atoms with van der Waals surface area (Å²) < 4.78 is 0. The fourth-order valence-corrected chi connectivity index (χ4v) is 1.35. The number of hydrogen-bond acceptors (Lipinski definition) is 1. The van der Waals surface area contributed by atoms with Crippen LogP contribution in [0, 0.1) is 11.8 Å². The first-order valence-electron chi connectivity index (χ1n) is 3.39. The molecule has 1 nitrogen and oxygen atoms in total. The predicted molar refractivity (Wildman–Crippen MR) is 55.4 cm³/mol. The molecule has 0 saturated carbocycles. The minimum Gasteiger partial charge on any atom is -0.384 e. The van der Waals surface area contributed by atoms with Crippen LogP contribution in [-0.4, -0.2) is 11.7 Å². The lowest BCUT2D eigenvalue weighted by atomic mass is 10.2. The Morgan fingerprint density at radius 3 is 2.31 bits per heavy atom. The van der Waals surface area contributed by atoms with Gasteiger partial charge in [-0.2, -0.15) is 0 Å². The van der Waals surface area contributed by atoms with E-state index in [2.05, 4.69) is 11.8 Å². The van der Waals surface area contributed by atoms with Crippen molar-refractivity contribution in [2.24, 2.45) is 0 Å². The van der Waals surface area contributed by atoms with Gasteiger partial charge in [-0.15, -0.1) is 0 Å². The summed E-state index contributed by atoms with van der Waals surface area (Å²) in [4.78, 5) is 0. The van der Waals surface area contributed by atoms with Crippen LogP contribution < -0.4 is 0 Å². The first kappa shape index (κ1) is 10.7. The highest BCUT2D eigenvalue weighted by atomic mass is 35.5. The first-order valence-corrected chi connectivity index (χ1v) is 4.53. The van der Waals surface area contributed by atoms with E-state index in [1.165, 1.54) is 6.07 Å². The summed E-state index contributed by atoms with van der Waals surface area (Å²) in [5.41, 5.74) is 0.560. The van der Waals surface area contributed by atoms with Gasteiger partial charge in [0.1, 0.15) is 6.61 Å². The van der Waals surface area contributed by atoms with Gasteiger partial charge in [0.15, 0.2) is 0 Å². The maximum atomic E-state index is 8.47. The van der Waals surface area contributed by atoms with Crippen molar-refractivity contribution in [3.63, 3.8) is 0 Å².